The average Bonchev–Trinajstić information content (AvgIpc) is 2.87. The molecule has 1 heterocycles. The molecule has 0 spiro atoms. The van der Waals surface area contributed by atoms with Gasteiger partial charge in [0.15, 0.2) is 0 Å². The van der Waals surface area contributed by atoms with E-state index >= 15 is 0 Å². The molecule has 0 fully saturated rings. The van der Waals surface area contributed by atoms with Crippen LogP contribution in [-0.2, 0) is 6.42 Å². The number of halogens is 1. The number of aromatic nitrogens is 1. The number of rotatable bonds is 6. The van der Waals surface area contributed by atoms with E-state index in [1.165, 1.54) is 23.5 Å². The van der Waals surface area contributed by atoms with Crippen LogP contribution in [0.15, 0.2) is 24.3 Å². The fourth-order valence-electron chi connectivity index (χ4n) is 1.94. The lowest BCUT2D eigenvalue weighted by Crippen LogP contribution is -2.37. The Hall–Kier alpha value is -1.79. The third-order valence-electron chi connectivity index (χ3n) is 3.38. The number of nitrogens with zero attached hydrogens (tertiary/aromatic N) is 1. The van der Waals surface area contributed by atoms with Gasteiger partial charge in [-0.25, -0.2) is 9.37 Å². The molecule has 6 heteroatoms. The number of carbonyl (C=O) groups is 1. The van der Waals surface area contributed by atoms with E-state index in [1.807, 2.05) is 20.9 Å². The standard InChI is InChI=1S/C16H20FN3OS/c1-10(18-3)9-19-16(21)15-11(2)20-14(22-15)8-12-4-6-13(17)7-5-12/h4-7,10,18H,8-9H2,1-3H3,(H,19,21). The first-order chi connectivity index (χ1) is 10.5. The predicted molar refractivity (Wildman–Crippen MR) is 86.9 cm³/mol. The lowest BCUT2D eigenvalue weighted by Gasteiger charge is -2.10. The molecular formula is C16H20FN3OS. The minimum atomic E-state index is -0.252. The van der Waals surface area contributed by atoms with Gasteiger partial charge in [0, 0.05) is 19.0 Å². The van der Waals surface area contributed by atoms with Crippen molar-refractivity contribution in [3.63, 3.8) is 0 Å². The van der Waals surface area contributed by atoms with Crippen molar-refractivity contribution in [3.8, 4) is 0 Å². The van der Waals surface area contributed by atoms with Gasteiger partial charge in [-0.1, -0.05) is 12.1 Å². The number of thiazole rings is 1. The number of benzene rings is 1. The Balaban J connectivity index is 2.04. The van der Waals surface area contributed by atoms with E-state index in [1.54, 1.807) is 12.1 Å². The molecule has 1 aromatic heterocycles. The summed E-state index contributed by atoms with van der Waals surface area (Å²) in [7, 11) is 1.86. The van der Waals surface area contributed by atoms with Crippen LogP contribution in [0.3, 0.4) is 0 Å². The zero-order chi connectivity index (χ0) is 16.1. The third-order valence-corrected chi connectivity index (χ3v) is 4.53. The third kappa shape index (κ3) is 4.35. The average molecular weight is 321 g/mol. The molecule has 0 aliphatic heterocycles. The second kappa shape index (κ2) is 7.47. The van der Waals surface area contributed by atoms with Gasteiger partial charge in [-0.05, 0) is 38.6 Å². The van der Waals surface area contributed by atoms with Crippen LogP contribution < -0.4 is 10.6 Å². The fraction of sp³-hybridized carbons (Fsp3) is 0.375. The first-order valence-electron chi connectivity index (χ1n) is 7.15. The lowest BCUT2D eigenvalue weighted by molar-refractivity contribution is 0.0954. The van der Waals surface area contributed by atoms with Crippen LogP contribution in [0.4, 0.5) is 4.39 Å². The number of amides is 1. The molecule has 0 radical (unpaired) electrons. The van der Waals surface area contributed by atoms with Crippen molar-refractivity contribution in [1.29, 1.82) is 0 Å². The van der Waals surface area contributed by atoms with Crippen LogP contribution in [-0.4, -0.2) is 30.5 Å². The first-order valence-corrected chi connectivity index (χ1v) is 7.97. The van der Waals surface area contributed by atoms with Gasteiger partial charge in [0.05, 0.1) is 10.7 Å². The van der Waals surface area contributed by atoms with E-state index in [0.717, 1.165) is 16.3 Å². The van der Waals surface area contributed by atoms with Crippen molar-refractivity contribution >= 4 is 17.2 Å². The SMILES string of the molecule is CNC(C)CNC(=O)c1sc(Cc2ccc(F)cc2)nc1C. The van der Waals surface area contributed by atoms with E-state index < -0.39 is 0 Å². The van der Waals surface area contributed by atoms with Crippen molar-refractivity contribution in [3.05, 3.63) is 51.2 Å². The molecule has 1 atom stereocenters. The van der Waals surface area contributed by atoms with E-state index in [9.17, 15) is 9.18 Å². The topological polar surface area (TPSA) is 54.0 Å². The summed E-state index contributed by atoms with van der Waals surface area (Å²) in [4.78, 5) is 17.3. The van der Waals surface area contributed by atoms with Gasteiger partial charge < -0.3 is 10.6 Å². The van der Waals surface area contributed by atoms with Gasteiger partial charge in [-0.2, -0.15) is 0 Å². The maximum absolute atomic E-state index is 12.9. The van der Waals surface area contributed by atoms with Crippen LogP contribution in [0.2, 0.25) is 0 Å². The Kier molecular flexibility index (Phi) is 5.63. The zero-order valence-corrected chi connectivity index (χ0v) is 13.8. The number of nitrogens with one attached hydrogen (secondary N) is 2. The van der Waals surface area contributed by atoms with Crippen LogP contribution in [0.5, 0.6) is 0 Å². The monoisotopic (exact) mass is 321 g/mol. The Labute approximate surface area is 133 Å². The molecule has 0 bridgehead atoms. The Bertz CT molecular complexity index is 639. The molecule has 22 heavy (non-hydrogen) atoms. The van der Waals surface area contributed by atoms with Crippen molar-refractivity contribution < 1.29 is 9.18 Å². The summed E-state index contributed by atoms with van der Waals surface area (Å²) >= 11 is 1.39. The largest absolute Gasteiger partial charge is 0.350 e. The van der Waals surface area contributed by atoms with Crippen LogP contribution in [0.1, 0.15) is 32.9 Å². The number of hydrogen-bond donors (Lipinski definition) is 2. The van der Waals surface area contributed by atoms with Crippen molar-refractivity contribution in [2.75, 3.05) is 13.6 Å². The maximum Gasteiger partial charge on any atom is 0.263 e. The smallest absolute Gasteiger partial charge is 0.263 e. The minimum absolute atomic E-state index is 0.0949. The van der Waals surface area contributed by atoms with E-state index in [4.69, 9.17) is 0 Å². The molecule has 1 amide bonds. The molecule has 0 aliphatic rings. The summed E-state index contributed by atoms with van der Waals surface area (Å²) in [6.07, 6.45) is 0.603. The van der Waals surface area contributed by atoms with Crippen LogP contribution in [0.25, 0.3) is 0 Å². The van der Waals surface area contributed by atoms with E-state index in [0.29, 0.717) is 17.8 Å². The van der Waals surface area contributed by atoms with E-state index in [2.05, 4.69) is 15.6 Å². The molecular weight excluding hydrogens is 301 g/mol. The molecule has 1 aromatic carbocycles. The quantitative estimate of drug-likeness (QED) is 0.859. The van der Waals surface area contributed by atoms with E-state index in [-0.39, 0.29) is 17.8 Å². The summed E-state index contributed by atoms with van der Waals surface area (Å²) in [5.74, 6) is -0.347. The predicted octanol–water partition coefficient (Wildman–Crippen LogP) is 2.52. The lowest BCUT2D eigenvalue weighted by atomic mass is 10.1. The van der Waals surface area contributed by atoms with Gasteiger partial charge in [-0.3, -0.25) is 4.79 Å². The molecule has 2 rings (SSSR count). The highest BCUT2D eigenvalue weighted by molar-refractivity contribution is 7.13. The van der Waals surface area contributed by atoms with Gasteiger partial charge in [0.2, 0.25) is 0 Å². The van der Waals surface area contributed by atoms with Crippen molar-refractivity contribution in [2.45, 2.75) is 26.3 Å². The fourth-order valence-corrected chi connectivity index (χ4v) is 2.96. The van der Waals surface area contributed by atoms with Gasteiger partial charge in [0.25, 0.3) is 5.91 Å². The Morgan fingerprint density at radius 2 is 2.05 bits per heavy atom. The van der Waals surface area contributed by atoms with Gasteiger partial charge in [0.1, 0.15) is 10.7 Å². The summed E-state index contributed by atoms with van der Waals surface area (Å²) in [5, 5.41) is 6.82. The van der Waals surface area contributed by atoms with Gasteiger partial charge in [-0.15, -0.1) is 11.3 Å². The van der Waals surface area contributed by atoms with Crippen molar-refractivity contribution in [2.24, 2.45) is 0 Å². The number of hydrogen-bond acceptors (Lipinski definition) is 4. The van der Waals surface area contributed by atoms with Crippen LogP contribution >= 0.6 is 11.3 Å². The first kappa shape index (κ1) is 16.6. The van der Waals surface area contributed by atoms with Gasteiger partial charge >= 0.3 is 0 Å². The highest BCUT2D eigenvalue weighted by Crippen LogP contribution is 2.21. The molecule has 2 aromatic rings. The summed E-state index contributed by atoms with van der Waals surface area (Å²) in [6.45, 7) is 4.40. The zero-order valence-electron chi connectivity index (χ0n) is 12.9. The summed E-state index contributed by atoms with van der Waals surface area (Å²) < 4.78 is 12.9. The normalized spacial score (nSPS) is 12.2. The number of likely N-dealkylation sites (N-methyl/N-ethyl adjacent to an activating group) is 1. The molecule has 0 aliphatic carbocycles. The van der Waals surface area contributed by atoms with Crippen molar-refractivity contribution in [1.82, 2.24) is 15.6 Å². The maximum atomic E-state index is 12.9. The highest BCUT2D eigenvalue weighted by atomic mass is 32.1. The second-order valence-electron chi connectivity index (χ2n) is 5.23. The number of aryl methyl sites for hydroxylation is 1. The summed E-state index contributed by atoms with van der Waals surface area (Å²) in [6, 6.07) is 6.56. The second-order valence-corrected chi connectivity index (χ2v) is 6.31. The Morgan fingerprint density at radius 1 is 1.36 bits per heavy atom. The summed E-state index contributed by atoms with van der Waals surface area (Å²) in [5.41, 5.74) is 1.71. The molecule has 1 unspecified atom stereocenters. The van der Waals surface area contributed by atoms with Crippen LogP contribution in [0, 0.1) is 12.7 Å². The minimum Gasteiger partial charge on any atom is -0.350 e. The molecule has 2 N–H and O–H groups in total. The highest BCUT2D eigenvalue weighted by Gasteiger charge is 2.15. The molecule has 118 valence electrons. The Morgan fingerprint density at radius 3 is 2.68 bits per heavy atom. The molecule has 0 saturated heterocycles. The molecule has 4 nitrogen and oxygen atoms in total. The molecule has 0 saturated carbocycles. The number of carbonyl (C=O) groups excluding carboxylic acids is 1.